The van der Waals surface area contributed by atoms with E-state index in [2.05, 4.69) is 10.3 Å². The predicted octanol–water partition coefficient (Wildman–Crippen LogP) is 2.05. The molecule has 2 heterocycles. The Morgan fingerprint density at radius 3 is 3.10 bits per heavy atom. The highest BCUT2D eigenvalue weighted by atomic mass is 16.2. The molecule has 1 aliphatic rings. The Hall–Kier alpha value is -2.30. The number of fused-ring (bicyclic) bond motifs is 1. The lowest BCUT2D eigenvalue weighted by molar-refractivity contribution is 0.0779. The molecule has 0 fully saturated rings. The Kier molecular flexibility index (Phi) is 3.64. The molecule has 2 aromatic rings. The van der Waals surface area contributed by atoms with E-state index in [-0.39, 0.29) is 5.91 Å². The molecule has 1 aromatic carbocycles. The Balaban J connectivity index is 1.83. The Morgan fingerprint density at radius 2 is 2.33 bits per heavy atom. The van der Waals surface area contributed by atoms with Crippen LogP contribution < -0.4 is 5.32 Å². The molecule has 5 nitrogen and oxygen atoms in total. The monoisotopic (exact) mass is 284 g/mol. The fourth-order valence-electron chi connectivity index (χ4n) is 2.75. The van der Waals surface area contributed by atoms with Crippen molar-refractivity contribution in [3.05, 3.63) is 47.5 Å². The third-order valence-corrected chi connectivity index (χ3v) is 3.97. The zero-order valence-corrected chi connectivity index (χ0v) is 12.5. The second kappa shape index (κ2) is 5.60. The summed E-state index contributed by atoms with van der Waals surface area (Å²) >= 11 is 0. The molecule has 0 bridgehead atoms. The van der Waals surface area contributed by atoms with Crippen molar-refractivity contribution in [3.8, 4) is 0 Å². The second-order valence-corrected chi connectivity index (χ2v) is 5.48. The fourth-order valence-corrected chi connectivity index (χ4v) is 2.75. The van der Waals surface area contributed by atoms with Crippen LogP contribution in [0.3, 0.4) is 0 Å². The summed E-state index contributed by atoms with van der Waals surface area (Å²) in [6.45, 7) is 1.49. The Labute approximate surface area is 124 Å². The van der Waals surface area contributed by atoms with E-state index in [1.807, 2.05) is 43.1 Å². The van der Waals surface area contributed by atoms with Crippen LogP contribution in [0.4, 0.5) is 5.69 Å². The molecule has 110 valence electrons. The van der Waals surface area contributed by atoms with Gasteiger partial charge >= 0.3 is 0 Å². The molecular formula is C16H20N4O. The summed E-state index contributed by atoms with van der Waals surface area (Å²) in [5.41, 5.74) is 3.04. The third kappa shape index (κ3) is 2.63. The number of rotatable bonds is 3. The number of carbonyl (C=O) groups excluding carboxylic acids is 1. The number of carbonyl (C=O) groups is 1. The van der Waals surface area contributed by atoms with Gasteiger partial charge in [-0.2, -0.15) is 0 Å². The molecule has 0 radical (unpaired) electrons. The lowest BCUT2D eigenvalue weighted by Crippen LogP contribution is -2.29. The average Bonchev–Trinajstić information content (AvgIpc) is 2.91. The second-order valence-electron chi connectivity index (χ2n) is 5.48. The third-order valence-electron chi connectivity index (χ3n) is 3.97. The Bertz CT molecular complexity index is 662. The van der Waals surface area contributed by atoms with Gasteiger partial charge in [0.05, 0.1) is 6.54 Å². The van der Waals surface area contributed by atoms with Crippen LogP contribution in [-0.2, 0) is 20.0 Å². The van der Waals surface area contributed by atoms with Gasteiger partial charge in [0.1, 0.15) is 5.82 Å². The first kappa shape index (κ1) is 13.7. The molecule has 0 spiro atoms. The normalized spacial score (nSPS) is 13.4. The fraction of sp³-hybridized carbons (Fsp3) is 0.375. The largest absolute Gasteiger partial charge is 0.385 e. The standard InChI is InChI=1S/C16H20N4O/c1-19-10-9-18-15(19)11-20(2)16(21)13-5-3-7-14-12(13)6-4-8-17-14/h3,5,7,9-10,17H,4,6,8,11H2,1-2H3. The summed E-state index contributed by atoms with van der Waals surface area (Å²) in [5, 5.41) is 3.36. The molecule has 1 N–H and O–H groups in total. The van der Waals surface area contributed by atoms with E-state index in [1.54, 1.807) is 11.1 Å². The molecule has 0 saturated heterocycles. The molecular weight excluding hydrogens is 264 g/mol. The minimum absolute atomic E-state index is 0.0542. The number of amides is 1. The van der Waals surface area contributed by atoms with Crippen molar-refractivity contribution in [3.63, 3.8) is 0 Å². The minimum Gasteiger partial charge on any atom is -0.385 e. The van der Waals surface area contributed by atoms with E-state index >= 15 is 0 Å². The van der Waals surface area contributed by atoms with Gasteiger partial charge in [-0.05, 0) is 30.5 Å². The number of nitrogens with zero attached hydrogens (tertiary/aromatic N) is 3. The lowest BCUT2D eigenvalue weighted by atomic mass is 9.97. The maximum absolute atomic E-state index is 12.7. The summed E-state index contributed by atoms with van der Waals surface area (Å²) in [5.74, 6) is 0.937. The van der Waals surface area contributed by atoms with E-state index in [0.29, 0.717) is 6.54 Å². The van der Waals surface area contributed by atoms with Crippen LogP contribution >= 0.6 is 0 Å². The van der Waals surface area contributed by atoms with Crippen molar-refractivity contribution in [2.75, 3.05) is 18.9 Å². The summed E-state index contributed by atoms with van der Waals surface area (Å²) in [6.07, 6.45) is 5.67. The predicted molar refractivity (Wildman–Crippen MR) is 82.3 cm³/mol. The lowest BCUT2D eigenvalue weighted by Gasteiger charge is -2.23. The number of anilines is 1. The van der Waals surface area contributed by atoms with Crippen molar-refractivity contribution in [1.82, 2.24) is 14.5 Å². The molecule has 21 heavy (non-hydrogen) atoms. The summed E-state index contributed by atoms with van der Waals surface area (Å²) in [7, 11) is 3.77. The van der Waals surface area contributed by atoms with Gasteiger partial charge in [-0.25, -0.2) is 4.98 Å². The molecule has 0 saturated carbocycles. The van der Waals surface area contributed by atoms with Gasteiger partial charge in [0.25, 0.3) is 5.91 Å². The molecule has 0 unspecified atom stereocenters. The van der Waals surface area contributed by atoms with Crippen molar-refractivity contribution in [2.45, 2.75) is 19.4 Å². The van der Waals surface area contributed by atoms with Crippen molar-refractivity contribution in [2.24, 2.45) is 7.05 Å². The first-order chi connectivity index (χ1) is 10.2. The minimum atomic E-state index is 0.0542. The SMILES string of the molecule is CN(Cc1nccn1C)C(=O)c1cccc2c1CCCN2. The number of aromatic nitrogens is 2. The van der Waals surface area contributed by atoms with Crippen molar-refractivity contribution >= 4 is 11.6 Å². The molecule has 1 aliphatic heterocycles. The number of aryl methyl sites for hydroxylation is 1. The zero-order valence-electron chi connectivity index (χ0n) is 12.5. The highest BCUT2D eigenvalue weighted by Crippen LogP contribution is 2.26. The first-order valence-corrected chi connectivity index (χ1v) is 7.24. The highest BCUT2D eigenvalue weighted by Gasteiger charge is 2.20. The quantitative estimate of drug-likeness (QED) is 0.938. The maximum Gasteiger partial charge on any atom is 0.254 e. The number of hydrogen-bond donors (Lipinski definition) is 1. The van der Waals surface area contributed by atoms with Gasteiger partial charge in [0.2, 0.25) is 0 Å². The van der Waals surface area contributed by atoms with Crippen molar-refractivity contribution < 1.29 is 4.79 Å². The van der Waals surface area contributed by atoms with Crippen LogP contribution in [0.15, 0.2) is 30.6 Å². The zero-order chi connectivity index (χ0) is 14.8. The van der Waals surface area contributed by atoms with Crippen molar-refractivity contribution in [1.29, 1.82) is 0 Å². The highest BCUT2D eigenvalue weighted by molar-refractivity contribution is 5.97. The van der Waals surface area contributed by atoms with Crippen LogP contribution in [0.5, 0.6) is 0 Å². The Morgan fingerprint density at radius 1 is 1.48 bits per heavy atom. The first-order valence-electron chi connectivity index (χ1n) is 7.24. The van der Waals surface area contributed by atoms with Gasteiger partial charge in [-0.3, -0.25) is 4.79 Å². The van der Waals surface area contributed by atoms with Gasteiger partial charge < -0.3 is 14.8 Å². The maximum atomic E-state index is 12.7. The molecule has 0 aliphatic carbocycles. The van der Waals surface area contributed by atoms with Gasteiger partial charge in [0.15, 0.2) is 0 Å². The van der Waals surface area contributed by atoms with E-state index < -0.39 is 0 Å². The van der Waals surface area contributed by atoms with Crippen LogP contribution in [0, 0.1) is 0 Å². The number of hydrogen-bond acceptors (Lipinski definition) is 3. The van der Waals surface area contributed by atoms with E-state index in [4.69, 9.17) is 0 Å². The molecule has 3 rings (SSSR count). The topological polar surface area (TPSA) is 50.2 Å². The average molecular weight is 284 g/mol. The van der Waals surface area contributed by atoms with Gasteiger partial charge in [-0.1, -0.05) is 6.07 Å². The molecule has 5 heteroatoms. The van der Waals surface area contributed by atoms with E-state index in [0.717, 1.165) is 42.0 Å². The van der Waals surface area contributed by atoms with E-state index in [1.165, 1.54) is 0 Å². The molecule has 1 aromatic heterocycles. The molecule has 0 atom stereocenters. The van der Waals surface area contributed by atoms with Gasteiger partial charge in [-0.15, -0.1) is 0 Å². The van der Waals surface area contributed by atoms with E-state index in [9.17, 15) is 4.79 Å². The molecule has 1 amide bonds. The van der Waals surface area contributed by atoms with Gasteiger partial charge in [0, 0.05) is 44.3 Å². The van der Waals surface area contributed by atoms with Crippen LogP contribution in [-0.4, -0.2) is 34.0 Å². The number of nitrogens with one attached hydrogen (secondary N) is 1. The van der Waals surface area contributed by atoms with Crippen LogP contribution in [0.25, 0.3) is 0 Å². The summed E-state index contributed by atoms with van der Waals surface area (Å²) < 4.78 is 1.94. The van der Waals surface area contributed by atoms with Crippen LogP contribution in [0.2, 0.25) is 0 Å². The number of benzene rings is 1. The number of imidazole rings is 1. The smallest absolute Gasteiger partial charge is 0.254 e. The summed E-state index contributed by atoms with van der Waals surface area (Å²) in [4.78, 5) is 18.7. The van der Waals surface area contributed by atoms with Crippen LogP contribution in [0.1, 0.15) is 28.2 Å². The summed E-state index contributed by atoms with van der Waals surface area (Å²) in [6, 6.07) is 5.91.